The van der Waals surface area contributed by atoms with E-state index in [1.807, 2.05) is 5.32 Å². The maximum Gasteiger partial charge on any atom is 0.469 e. The van der Waals surface area contributed by atoms with Crippen molar-refractivity contribution in [3.63, 3.8) is 0 Å². The number of hydrogen-bond acceptors (Lipinski definition) is 10. The molecule has 0 heterocycles. The number of carboxylic acid groups (broad SMARTS) is 1. The van der Waals surface area contributed by atoms with Gasteiger partial charge in [-0.2, -0.15) is 48.2 Å². The Balaban J connectivity index is 2.27. The van der Waals surface area contributed by atoms with Crippen molar-refractivity contribution in [3.8, 4) is 0 Å². The zero-order valence-electron chi connectivity index (χ0n) is 27.7. The molecule has 20 nitrogen and oxygen atoms in total. The topological polar surface area (TPSA) is 341 Å². The summed E-state index contributed by atoms with van der Waals surface area (Å²) >= 11 is 0. The van der Waals surface area contributed by atoms with Gasteiger partial charge >= 0.3 is 13.8 Å². The van der Waals surface area contributed by atoms with Gasteiger partial charge in [-0.15, -0.1) is 24.3 Å². The van der Waals surface area contributed by atoms with Crippen LogP contribution >= 0.6 is 7.82 Å². The number of aliphatic carboxylic acids is 1. The second kappa shape index (κ2) is 20.4. The Morgan fingerprint density at radius 3 is 1.77 bits per heavy atom. The van der Waals surface area contributed by atoms with E-state index in [2.05, 4.69) is 31.5 Å². The lowest BCUT2D eigenvalue weighted by molar-refractivity contribution is -0.402. The van der Waals surface area contributed by atoms with E-state index in [4.69, 9.17) is 5.73 Å². The van der Waals surface area contributed by atoms with Gasteiger partial charge in [0.2, 0.25) is 29.5 Å². The molecule has 0 saturated carbocycles. The average molecular weight is 751 g/mol. The summed E-state index contributed by atoms with van der Waals surface area (Å²) in [6.07, 6.45) is 0.366. The number of benzene rings is 2. The first-order valence-electron chi connectivity index (χ1n) is 15.4. The molecule has 2 aromatic rings. The highest BCUT2D eigenvalue weighted by molar-refractivity contribution is 7.46. The van der Waals surface area contributed by atoms with Gasteiger partial charge in [0.25, 0.3) is 5.91 Å². The summed E-state index contributed by atoms with van der Waals surface area (Å²) in [7, 11) is -5.27. The summed E-state index contributed by atoms with van der Waals surface area (Å²) in [5, 5.41) is 29.8. The summed E-state index contributed by atoms with van der Waals surface area (Å²) in [4.78, 5) is 107. The van der Waals surface area contributed by atoms with E-state index in [1.54, 1.807) is 48.5 Å². The Morgan fingerprint density at radius 1 is 0.808 bits per heavy atom. The number of carboxylic acids is 1. The fourth-order valence-corrected chi connectivity index (χ4v) is 4.91. The molecule has 0 aliphatic carbocycles. The van der Waals surface area contributed by atoms with Gasteiger partial charge in [-0.3, -0.25) is 33.3 Å². The molecule has 0 spiro atoms. The normalized spacial score (nSPS) is 14.5. The van der Waals surface area contributed by atoms with E-state index in [1.165, 1.54) is 25.0 Å². The third kappa shape index (κ3) is 15.2. The molecule has 14 N–H and O–H groups in total. The van der Waals surface area contributed by atoms with Gasteiger partial charge in [0.15, 0.2) is 6.04 Å². The van der Waals surface area contributed by atoms with Crippen LogP contribution in [0.5, 0.6) is 0 Å². The van der Waals surface area contributed by atoms with Gasteiger partial charge in [-0.1, -0.05) is 12.1 Å². The molecule has 21 heteroatoms. The summed E-state index contributed by atoms with van der Waals surface area (Å²) in [6, 6.07) is 8.24. The standard InChI is InChI=1S/C31H40N7O13P/c1-17(51-52(48,49)50)26(30(45)36-22(13-19-10-6-3-7-11-19)29(44)37-23(16-39)31(46)47)38-25(41)15-34-28(43)21(12-18-8-4-2-5-9-18)35-27(42)20(32)14-24(33)40/h2-13,17,20-23,26,39H,14-16,32H2,1H3,(H2,33,40)(H,34,43)(H,35,42)(H,36,45)(H,37,44)(H,38,41)(H,46,47)(H2,48,49,50)/q-2/p+1/t17-,20+,21+,22+,23+,26+/m1/s1. The highest BCUT2D eigenvalue weighted by atomic mass is 31.2. The average Bonchev–Trinajstić information content (AvgIpc) is 3.07. The SMILES string of the molecule is C[C@@H](OP(=O)(O)O)[C@H](NC(=O)CNC(=O)[C@H]([CH-]c1ccccc1)NC(=O)[C@@H]([NH3+])CC(N)=O)C(=O)N[C@@H]([CH-]c1ccccc1)C(=O)N[C@@H](CO)C(=O)O. The quantitative estimate of drug-likeness (QED) is 0.0425. The minimum absolute atomic E-state index is 0.371. The van der Waals surface area contributed by atoms with Crippen LogP contribution in [0.4, 0.5) is 0 Å². The lowest BCUT2D eigenvalue weighted by Gasteiger charge is -2.29. The first-order chi connectivity index (χ1) is 24.4. The molecule has 2 aromatic carbocycles. The first-order valence-corrected chi connectivity index (χ1v) is 16.9. The fourth-order valence-electron chi connectivity index (χ4n) is 4.35. The molecular formula is C31H41N7O13P-. The summed E-state index contributed by atoms with van der Waals surface area (Å²) in [5.41, 5.74) is 9.54. The van der Waals surface area contributed by atoms with Crippen molar-refractivity contribution in [2.45, 2.75) is 49.7 Å². The molecule has 52 heavy (non-hydrogen) atoms. The van der Waals surface area contributed by atoms with E-state index in [0.29, 0.717) is 11.1 Å². The van der Waals surface area contributed by atoms with Crippen molar-refractivity contribution in [3.05, 3.63) is 84.6 Å². The van der Waals surface area contributed by atoms with Crippen molar-refractivity contribution in [1.82, 2.24) is 26.6 Å². The van der Waals surface area contributed by atoms with Crippen LogP contribution in [0, 0.1) is 12.8 Å². The minimum atomic E-state index is -5.27. The molecule has 6 atom stereocenters. The van der Waals surface area contributed by atoms with E-state index in [-0.39, 0.29) is 0 Å². The Hall–Kier alpha value is -5.50. The number of hydrogen-bond donors (Lipinski definition) is 11. The number of nitrogens with one attached hydrogen (secondary N) is 5. The molecule has 0 unspecified atom stereocenters. The van der Waals surface area contributed by atoms with E-state index in [0.717, 1.165) is 6.92 Å². The summed E-state index contributed by atoms with van der Waals surface area (Å²) in [6.45, 7) is -0.834. The van der Waals surface area contributed by atoms with Crippen molar-refractivity contribution < 1.29 is 68.4 Å². The smallest absolute Gasteiger partial charge is 0.469 e. The molecule has 6 amide bonds. The number of phosphoric ester groups is 1. The van der Waals surface area contributed by atoms with Gasteiger partial charge in [0.05, 0.1) is 37.8 Å². The number of primary amides is 1. The molecular weight excluding hydrogens is 709 g/mol. The predicted molar refractivity (Wildman–Crippen MR) is 178 cm³/mol. The van der Waals surface area contributed by atoms with Crippen LogP contribution in [0.3, 0.4) is 0 Å². The van der Waals surface area contributed by atoms with Gasteiger partial charge in [0.1, 0.15) is 12.1 Å². The highest BCUT2D eigenvalue weighted by Gasteiger charge is 2.35. The van der Waals surface area contributed by atoms with Crippen molar-refractivity contribution in [2.75, 3.05) is 13.2 Å². The zero-order valence-corrected chi connectivity index (χ0v) is 28.6. The van der Waals surface area contributed by atoms with Crippen LogP contribution < -0.4 is 38.1 Å². The number of nitrogens with two attached hydrogens (primary N) is 1. The Bertz CT molecular complexity index is 1610. The molecule has 0 aliphatic rings. The van der Waals surface area contributed by atoms with Crippen molar-refractivity contribution >= 4 is 49.2 Å². The predicted octanol–water partition coefficient (Wildman–Crippen LogP) is -4.39. The third-order valence-corrected chi connectivity index (χ3v) is 7.50. The lowest BCUT2D eigenvalue weighted by Crippen LogP contribution is -2.69. The largest absolute Gasteiger partial charge is 0.480 e. The molecule has 0 aliphatic heterocycles. The summed E-state index contributed by atoms with van der Waals surface area (Å²) in [5.74, 6) is -7.57. The van der Waals surface area contributed by atoms with Gasteiger partial charge in [0, 0.05) is 0 Å². The second-order valence-electron chi connectivity index (χ2n) is 11.1. The second-order valence-corrected chi connectivity index (χ2v) is 12.3. The van der Waals surface area contributed by atoms with Crippen molar-refractivity contribution in [2.24, 2.45) is 5.73 Å². The van der Waals surface area contributed by atoms with Crippen LogP contribution in [-0.4, -0.2) is 111 Å². The number of aliphatic hydroxyl groups is 1. The summed E-state index contributed by atoms with van der Waals surface area (Å²) < 4.78 is 16.2. The van der Waals surface area contributed by atoms with Crippen LogP contribution in [0.1, 0.15) is 24.5 Å². The van der Waals surface area contributed by atoms with Gasteiger partial charge in [-0.25, -0.2) is 9.36 Å². The van der Waals surface area contributed by atoms with Crippen LogP contribution in [0.25, 0.3) is 0 Å². The lowest BCUT2D eigenvalue weighted by atomic mass is 10.0. The van der Waals surface area contributed by atoms with Crippen molar-refractivity contribution in [1.29, 1.82) is 0 Å². The van der Waals surface area contributed by atoms with E-state index in [9.17, 15) is 58.1 Å². The number of phosphoric acid groups is 1. The maximum atomic E-state index is 13.5. The van der Waals surface area contributed by atoms with Crippen LogP contribution in [0.2, 0.25) is 0 Å². The Morgan fingerprint density at radius 2 is 1.31 bits per heavy atom. The third-order valence-electron chi connectivity index (χ3n) is 6.89. The molecule has 0 saturated heterocycles. The number of rotatable bonds is 21. The minimum Gasteiger partial charge on any atom is -0.480 e. The van der Waals surface area contributed by atoms with Gasteiger partial charge < -0.3 is 58.1 Å². The highest BCUT2D eigenvalue weighted by Crippen LogP contribution is 2.38. The molecule has 284 valence electrons. The van der Waals surface area contributed by atoms with E-state index >= 15 is 0 Å². The fraction of sp³-hybridized carbons (Fsp3) is 0.323. The molecule has 0 fully saturated rings. The van der Waals surface area contributed by atoms with Crippen LogP contribution in [-0.2, 0) is 42.7 Å². The number of amides is 6. The molecule has 2 rings (SSSR count). The number of carbonyl (C=O) groups is 7. The maximum absolute atomic E-state index is 13.5. The monoisotopic (exact) mass is 750 g/mol. The van der Waals surface area contributed by atoms with E-state index < -0.39 is 105 Å². The molecule has 0 bridgehead atoms. The van der Waals surface area contributed by atoms with Crippen LogP contribution in [0.15, 0.2) is 60.7 Å². The van der Waals surface area contributed by atoms with Gasteiger partial charge in [-0.05, 0) is 6.92 Å². The molecule has 0 radical (unpaired) electrons. The number of quaternary nitrogens is 1. The first kappa shape index (κ1) is 42.7. The Labute approximate surface area is 297 Å². The number of carbonyl (C=O) groups excluding carboxylic acids is 6. The Kier molecular flexibility index (Phi) is 16.7. The number of aliphatic hydroxyl groups excluding tert-OH is 1. The molecule has 0 aromatic heterocycles. The zero-order chi connectivity index (χ0) is 39.0.